The van der Waals surface area contributed by atoms with Crippen molar-refractivity contribution in [2.75, 3.05) is 19.6 Å². The number of aromatic nitrogens is 1. The number of pyridine rings is 1. The number of urea groups is 1. The minimum Gasteiger partial charge on any atom is -0.446 e. The van der Waals surface area contributed by atoms with Crippen LogP contribution in [0.2, 0.25) is 0 Å². The van der Waals surface area contributed by atoms with E-state index in [1.807, 2.05) is 70.6 Å². The van der Waals surface area contributed by atoms with Gasteiger partial charge in [-0.2, -0.15) is 0 Å². The highest BCUT2D eigenvalue weighted by molar-refractivity contribution is 5.76. The number of primary amides is 1. The molecule has 3 atom stereocenters. The van der Waals surface area contributed by atoms with Crippen LogP contribution in [0.5, 0.6) is 0 Å². The first-order valence-electron chi connectivity index (χ1n) is 15.7. The Labute approximate surface area is 260 Å². The molecule has 2 N–H and O–H groups in total. The molecule has 44 heavy (non-hydrogen) atoms. The summed E-state index contributed by atoms with van der Waals surface area (Å²) in [5.41, 5.74) is 7.09. The predicted octanol–water partition coefficient (Wildman–Crippen LogP) is 6.48. The first-order chi connectivity index (χ1) is 20.8. The van der Waals surface area contributed by atoms with E-state index in [0.29, 0.717) is 39.0 Å². The van der Waals surface area contributed by atoms with E-state index in [1.165, 1.54) is 0 Å². The number of carbonyl (C=O) groups excluding carboxylic acids is 2. The molecule has 0 aliphatic carbocycles. The van der Waals surface area contributed by atoms with Crippen molar-refractivity contribution in [3.63, 3.8) is 0 Å². The van der Waals surface area contributed by atoms with Gasteiger partial charge in [-0.15, -0.1) is 0 Å². The lowest BCUT2D eigenvalue weighted by Crippen LogP contribution is -2.65. The molecule has 2 aromatic carbocycles. The summed E-state index contributed by atoms with van der Waals surface area (Å²) in [6.07, 6.45) is 2.51. The fraction of sp³-hybridized carbons (Fsp3) is 0.472. The van der Waals surface area contributed by atoms with Crippen LogP contribution in [-0.4, -0.2) is 52.2 Å². The van der Waals surface area contributed by atoms with E-state index in [4.69, 9.17) is 10.5 Å². The van der Waals surface area contributed by atoms with Gasteiger partial charge < -0.3 is 24.8 Å². The largest absolute Gasteiger partial charge is 0.446 e. The van der Waals surface area contributed by atoms with Gasteiger partial charge in [0, 0.05) is 51.3 Å². The zero-order valence-corrected chi connectivity index (χ0v) is 26.7. The number of likely N-dealkylation sites (tertiary alicyclic amines) is 2. The quantitative estimate of drug-likeness (QED) is 0.363. The zero-order valence-electron chi connectivity index (χ0n) is 26.7. The second kappa shape index (κ2) is 12.1. The molecule has 0 spiro atoms. The van der Waals surface area contributed by atoms with Crippen molar-refractivity contribution in [2.24, 2.45) is 22.5 Å². The van der Waals surface area contributed by atoms with Crippen LogP contribution in [0.15, 0.2) is 83.8 Å². The highest BCUT2D eigenvalue weighted by Crippen LogP contribution is 2.51. The molecule has 0 saturated carbocycles. The van der Waals surface area contributed by atoms with Crippen molar-refractivity contribution in [2.45, 2.75) is 72.1 Å². The molecule has 1 aromatic heterocycles. The maximum absolute atomic E-state index is 14.6. The van der Waals surface area contributed by atoms with Gasteiger partial charge >= 0.3 is 12.1 Å². The fourth-order valence-electron chi connectivity index (χ4n) is 7.44. The number of hydrogen-bond acceptors (Lipinski definition) is 4. The maximum Gasteiger partial charge on any atom is 0.404 e. The number of benzene rings is 2. The first-order valence-corrected chi connectivity index (χ1v) is 15.7. The summed E-state index contributed by atoms with van der Waals surface area (Å²) in [7, 11) is 0. The smallest absolute Gasteiger partial charge is 0.404 e. The summed E-state index contributed by atoms with van der Waals surface area (Å²) in [4.78, 5) is 43.4. The summed E-state index contributed by atoms with van der Waals surface area (Å²) < 4.78 is 7.35. The summed E-state index contributed by atoms with van der Waals surface area (Å²) in [6, 6.07) is 23.7. The van der Waals surface area contributed by atoms with Gasteiger partial charge in [-0.1, -0.05) is 95.3 Å². The summed E-state index contributed by atoms with van der Waals surface area (Å²) in [6.45, 7) is 13.1. The number of hydrogen-bond donors (Lipinski definition) is 1. The van der Waals surface area contributed by atoms with Crippen LogP contribution in [0.4, 0.5) is 9.59 Å². The number of nitrogens with zero attached hydrogens (tertiary/aromatic N) is 3. The Bertz CT molecular complexity index is 1530. The molecule has 2 aliphatic heterocycles. The molecule has 2 saturated heterocycles. The molecular formula is C36H46N4O4. The Morgan fingerprint density at radius 2 is 1.59 bits per heavy atom. The molecule has 1 unspecified atom stereocenters. The third-order valence-corrected chi connectivity index (χ3v) is 9.91. The molecular weight excluding hydrogens is 552 g/mol. The third kappa shape index (κ3) is 6.12. The second-order valence-corrected chi connectivity index (χ2v) is 14.1. The van der Waals surface area contributed by atoms with Crippen LogP contribution < -0.4 is 11.3 Å². The van der Waals surface area contributed by atoms with Crippen molar-refractivity contribution in [3.05, 3.63) is 94.9 Å². The lowest BCUT2D eigenvalue weighted by atomic mass is 9.63. The van der Waals surface area contributed by atoms with Crippen LogP contribution in [0, 0.1) is 16.7 Å². The molecule has 2 aliphatic rings. The van der Waals surface area contributed by atoms with E-state index in [0.717, 1.165) is 23.1 Å². The molecule has 8 nitrogen and oxygen atoms in total. The van der Waals surface area contributed by atoms with Gasteiger partial charge in [-0.3, -0.25) is 4.79 Å². The average molecular weight is 599 g/mol. The molecule has 0 bridgehead atoms. The van der Waals surface area contributed by atoms with Crippen molar-refractivity contribution >= 4 is 12.1 Å². The lowest BCUT2D eigenvalue weighted by Gasteiger charge is -2.58. The van der Waals surface area contributed by atoms with E-state index in [2.05, 4.69) is 46.8 Å². The molecule has 3 amide bonds. The number of rotatable bonds is 5. The molecule has 8 heteroatoms. The molecule has 234 valence electrons. The SMILES string of the molecule is CC1(C)CN(C(=O)N2CC[C@@H](OC(N)=O)C[C@@]2(c2ccccc2)C(C)(C)C)CCC1Cn1ccc(-c2ccccc2)cc1=O. The topological polar surface area (TPSA) is 97.9 Å². The average Bonchev–Trinajstić information content (AvgIpc) is 2.98. The van der Waals surface area contributed by atoms with Crippen LogP contribution >= 0.6 is 0 Å². The standard InChI is InChI=1S/C36H46N4O4/c1-34(2,3)36(28-14-10-7-11-15-28)23-30(44-32(37)42)18-21-40(36)33(43)39-20-17-29(35(4,5)25-39)24-38-19-16-27(22-31(38)41)26-12-8-6-9-13-26/h6-16,19,22,29-30H,17-18,20-21,23-25H2,1-5H3,(H2,37,42)/t29?,30-,36-/m1/s1. The summed E-state index contributed by atoms with van der Waals surface area (Å²) >= 11 is 0. The molecule has 2 fully saturated rings. The van der Waals surface area contributed by atoms with Crippen molar-refractivity contribution in [1.82, 2.24) is 14.4 Å². The third-order valence-electron chi connectivity index (χ3n) is 9.91. The van der Waals surface area contributed by atoms with Crippen molar-refractivity contribution in [1.29, 1.82) is 0 Å². The monoisotopic (exact) mass is 598 g/mol. The van der Waals surface area contributed by atoms with Gasteiger partial charge in [-0.25, -0.2) is 9.59 Å². The minimum atomic E-state index is -0.789. The molecule has 3 heterocycles. The van der Waals surface area contributed by atoms with Gasteiger partial charge in [0.25, 0.3) is 5.56 Å². The van der Waals surface area contributed by atoms with Gasteiger partial charge in [0.2, 0.25) is 0 Å². The van der Waals surface area contributed by atoms with Crippen LogP contribution in [0.3, 0.4) is 0 Å². The highest BCUT2D eigenvalue weighted by Gasteiger charge is 2.55. The molecule has 0 radical (unpaired) electrons. The number of ether oxygens (including phenoxy) is 1. The van der Waals surface area contributed by atoms with Gasteiger partial charge in [0.05, 0.1) is 5.54 Å². The van der Waals surface area contributed by atoms with Crippen molar-refractivity contribution in [3.8, 4) is 11.1 Å². The number of amides is 3. The maximum atomic E-state index is 14.6. The number of piperidine rings is 2. The van der Waals surface area contributed by atoms with Gasteiger partial charge in [0.1, 0.15) is 6.10 Å². The Morgan fingerprint density at radius 1 is 0.932 bits per heavy atom. The van der Waals surface area contributed by atoms with Crippen molar-refractivity contribution < 1.29 is 14.3 Å². The lowest BCUT2D eigenvalue weighted by molar-refractivity contribution is -0.0746. The number of carbonyl (C=O) groups is 2. The first kappa shape index (κ1) is 31.4. The Kier molecular flexibility index (Phi) is 8.65. The predicted molar refractivity (Wildman–Crippen MR) is 173 cm³/mol. The zero-order chi connectivity index (χ0) is 31.7. The minimum absolute atomic E-state index is 0.00258. The van der Waals surface area contributed by atoms with E-state index in [9.17, 15) is 14.4 Å². The van der Waals surface area contributed by atoms with Gasteiger partial charge in [-0.05, 0) is 45.9 Å². The number of nitrogens with two attached hydrogens (primary N) is 1. The molecule has 5 rings (SSSR count). The van der Waals surface area contributed by atoms with E-state index in [1.54, 1.807) is 10.6 Å². The molecule has 3 aromatic rings. The highest BCUT2D eigenvalue weighted by atomic mass is 16.6. The Hall–Kier alpha value is -4.07. The second-order valence-electron chi connectivity index (χ2n) is 14.1. The Morgan fingerprint density at radius 3 is 2.18 bits per heavy atom. The van der Waals surface area contributed by atoms with Crippen LogP contribution in [0.1, 0.15) is 59.4 Å². The summed E-state index contributed by atoms with van der Waals surface area (Å²) in [5.74, 6) is 0.225. The van der Waals surface area contributed by atoms with E-state index < -0.39 is 11.6 Å². The van der Waals surface area contributed by atoms with Gasteiger partial charge in [0.15, 0.2) is 0 Å². The van der Waals surface area contributed by atoms with Crippen LogP contribution in [-0.2, 0) is 16.8 Å². The Balaban J connectivity index is 1.37. The normalized spacial score (nSPS) is 23.7. The van der Waals surface area contributed by atoms with Crippen LogP contribution in [0.25, 0.3) is 11.1 Å². The summed E-state index contributed by atoms with van der Waals surface area (Å²) in [5, 5.41) is 0. The van der Waals surface area contributed by atoms with E-state index in [-0.39, 0.29) is 34.4 Å². The van der Waals surface area contributed by atoms with E-state index >= 15 is 0 Å². The fourth-order valence-corrected chi connectivity index (χ4v) is 7.44.